The number of benzene rings is 2. The van der Waals surface area contributed by atoms with Gasteiger partial charge in [-0.25, -0.2) is 4.39 Å². The summed E-state index contributed by atoms with van der Waals surface area (Å²) < 4.78 is 26.3. The molecule has 1 amide bonds. The SMILES string of the molecule is COc1ccc(C2CC(=O)Nc3c2c(=O)nc(SCc2ccccc2F)n3C)cc1OC. The highest BCUT2D eigenvalue weighted by Gasteiger charge is 2.32. The average Bonchev–Trinajstić information content (AvgIpc) is 2.80. The highest BCUT2D eigenvalue weighted by molar-refractivity contribution is 7.98. The molecule has 166 valence electrons. The van der Waals surface area contributed by atoms with E-state index in [0.717, 1.165) is 5.56 Å². The monoisotopic (exact) mass is 455 g/mol. The molecule has 1 N–H and O–H groups in total. The number of fused-ring (bicyclic) bond motifs is 1. The first-order chi connectivity index (χ1) is 15.4. The number of carbonyl (C=O) groups excluding carboxylic acids is 1. The van der Waals surface area contributed by atoms with Crippen molar-refractivity contribution in [3.63, 3.8) is 0 Å². The topological polar surface area (TPSA) is 82.5 Å². The minimum absolute atomic E-state index is 0.112. The number of halogens is 1. The summed E-state index contributed by atoms with van der Waals surface area (Å²) in [4.78, 5) is 29.8. The van der Waals surface area contributed by atoms with Crippen LogP contribution in [0.25, 0.3) is 0 Å². The first kappa shape index (κ1) is 21.9. The second-order valence-corrected chi connectivity index (χ2v) is 8.26. The Morgan fingerprint density at radius 1 is 1.16 bits per heavy atom. The molecule has 1 aliphatic heterocycles. The van der Waals surface area contributed by atoms with E-state index in [4.69, 9.17) is 9.47 Å². The number of hydrogen-bond donors (Lipinski definition) is 1. The lowest BCUT2D eigenvalue weighted by Gasteiger charge is -2.28. The number of methoxy groups -OCH3 is 2. The Hall–Kier alpha value is -3.33. The van der Waals surface area contributed by atoms with Crippen LogP contribution in [0.15, 0.2) is 52.4 Å². The fourth-order valence-electron chi connectivity index (χ4n) is 3.78. The molecule has 7 nitrogen and oxygen atoms in total. The molecule has 2 heterocycles. The third kappa shape index (κ3) is 4.08. The lowest BCUT2D eigenvalue weighted by molar-refractivity contribution is -0.116. The van der Waals surface area contributed by atoms with Gasteiger partial charge in [0, 0.05) is 25.1 Å². The van der Waals surface area contributed by atoms with Crippen LogP contribution in [0, 0.1) is 5.82 Å². The molecular formula is C23H22FN3O4S. The van der Waals surface area contributed by atoms with E-state index in [9.17, 15) is 14.0 Å². The third-order valence-electron chi connectivity index (χ3n) is 5.43. The van der Waals surface area contributed by atoms with Crippen molar-refractivity contribution >= 4 is 23.5 Å². The number of nitrogens with one attached hydrogen (secondary N) is 1. The zero-order chi connectivity index (χ0) is 22.8. The molecule has 1 aliphatic rings. The zero-order valence-electron chi connectivity index (χ0n) is 17.8. The van der Waals surface area contributed by atoms with Crippen molar-refractivity contribution in [2.45, 2.75) is 23.2 Å². The molecule has 0 bridgehead atoms. The van der Waals surface area contributed by atoms with Crippen LogP contribution in [0.2, 0.25) is 0 Å². The van der Waals surface area contributed by atoms with Crippen molar-refractivity contribution in [2.75, 3.05) is 19.5 Å². The fraction of sp³-hybridized carbons (Fsp3) is 0.261. The van der Waals surface area contributed by atoms with E-state index < -0.39 is 11.5 Å². The van der Waals surface area contributed by atoms with E-state index in [1.165, 1.54) is 24.9 Å². The Morgan fingerprint density at radius 3 is 2.62 bits per heavy atom. The highest BCUT2D eigenvalue weighted by atomic mass is 32.2. The summed E-state index contributed by atoms with van der Waals surface area (Å²) in [5.41, 5.74) is 1.25. The summed E-state index contributed by atoms with van der Waals surface area (Å²) in [6.45, 7) is 0. The van der Waals surface area contributed by atoms with Crippen LogP contribution in [-0.4, -0.2) is 29.7 Å². The Balaban J connectivity index is 1.73. The van der Waals surface area contributed by atoms with Gasteiger partial charge in [-0.15, -0.1) is 0 Å². The largest absolute Gasteiger partial charge is 0.493 e. The Morgan fingerprint density at radius 2 is 1.91 bits per heavy atom. The molecule has 4 rings (SSSR count). The molecule has 3 aromatic rings. The zero-order valence-corrected chi connectivity index (χ0v) is 18.7. The van der Waals surface area contributed by atoms with Gasteiger partial charge in [0.1, 0.15) is 11.6 Å². The molecule has 0 aliphatic carbocycles. The summed E-state index contributed by atoms with van der Waals surface area (Å²) in [5.74, 6) is 0.779. The highest BCUT2D eigenvalue weighted by Crippen LogP contribution is 2.39. The number of amides is 1. The molecule has 0 fully saturated rings. The quantitative estimate of drug-likeness (QED) is 0.451. The molecule has 1 aromatic heterocycles. The minimum atomic E-state index is -0.477. The predicted octanol–water partition coefficient (Wildman–Crippen LogP) is 3.70. The summed E-state index contributed by atoms with van der Waals surface area (Å²) in [6.07, 6.45) is 0.112. The van der Waals surface area contributed by atoms with E-state index in [-0.39, 0.29) is 18.1 Å². The van der Waals surface area contributed by atoms with Crippen molar-refractivity contribution in [1.82, 2.24) is 9.55 Å². The molecule has 1 atom stereocenters. The van der Waals surface area contributed by atoms with Crippen LogP contribution < -0.4 is 20.3 Å². The van der Waals surface area contributed by atoms with Gasteiger partial charge in [0.2, 0.25) is 5.91 Å². The van der Waals surface area contributed by atoms with Gasteiger partial charge in [-0.05, 0) is 29.3 Å². The number of carbonyl (C=O) groups is 1. The Kier molecular flexibility index (Phi) is 6.18. The van der Waals surface area contributed by atoms with Crippen molar-refractivity contribution in [2.24, 2.45) is 7.05 Å². The molecule has 0 saturated heterocycles. The molecule has 2 aromatic carbocycles. The van der Waals surface area contributed by atoms with Crippen molar-refractivity contribution < 1.29 is 18.7 Å². The molecule has 9 heteroatoms. The van der Waals surface area contributed by atoms with Crippen LogP contribution in [0.5, 0.6) is 11.5 Å². The maximum atomic E-state index is 14.0. The van der Waals surface area contributed by atoms with Crippen molar-refractivity contribution in [3.05, 3.63) is 75.3 Å². The first-order valence-corrected chi connectivity index (χ1v) is 10.9. The van der Waals surface area contributed by atoms with Crippen LogP contribution in [0.1, 0.15) is 29.0 Å². The van der Waals surface area contributed by atoms with Crippen LogP contribution in [-0.2, 0) is 17.6 Å². The number of hydrogen-bond acceptors (Lipinski definition) is 6. The van der Waals surface area contributed by atoms with Gasteiger partial charge in [-0.1, -0.05) is 36.0 Å². The summed E-state index contributed by atoms with van der Waals surface area (Å²) in [5, 5.41) is 3.20. The van der Waals surface area contributed by atoms with Crippen LogP contribution in [0.3, 0.4) is 0 Å². The molecular weight excluding hydrogens is 433 g/mol. The lowest BCUT2D eigenvalue weighted by Crippen LogP contribution is -2.33. The van der Waals surface area contributed by atoms with Gasteiger partial charge < -0.3 is 19.4 Å². The number of thioether (sulfide) groups is 1. The smallest absolute Gasteiger partial charge is 0.279 e. The predicted molar refractivity (Wildman–Crippen MR) is 120 cm³/mol. The summed E-state index contributed by atoms with van der Waals surface area (Å²) in [7, 11) is 4.80. The maximum Gasteiger partial charge on any atom is 0.279 e. The molecule has 0 spiro atoms. The molecule has 32 heavy (non-hydrogen) atoms. The number of anilines is 1. The first-order valence-electron chi connectivity index (χ1n) is 9.91. The van der Waals surface area contributed by atoms with E-state index in [1.807, 2.05) is 6.07 Å². The summed E-state index contributed by atoms with van der Waals surface area (Å²) in [6, 6.07) is 11.8. The van der Waals surface area contributed by atoms with E-state index in [2.05, 4.69) is 10.3 Å². The van der Waals surface area contributed by atoms with Gasteiger partial charge in [-0.3, -0.25) is 9.59 Å². The van der Waals surface area contributed by atoms with Gasteiger partial charge >= 0.3 is 0 Å². The maximum absolute atomic E-state index is 14.0. The lowest BCUT2D eigenvalue weighted by atomic mass is 9.86. The van der Waals surface area contributed by atoms with E-state index in [0.29, 0.717) is 39.4 Å². The van der Waals surface area contributed by atoms with Gasteiger partial charge in [0.25, 0.3) is 5.56 Å². The van der Waals surface area contributed by atoms with Crippen LogP contribution in [0.4, 0.5) is 10.2 Å². The normalized spacial score (nSPS) is 15.1. The molecule has 0 saturated carbocycles. The van der Waals surface area contributed by atoms with Gasteiger partial charge in [0.15, 0.2) is 16.7 Å². The number of aromatic nitrogens is 2. The van der Waals surface area contributed by atoms with Crippen molar-refractivity contribution in [3.8, 4) is 11.5 Å². The fourth-order valence-corrected chi connectivity index (χ4v) is 4.73. The third-order valence-corrected chi connectivity index (χ3v) is 6.50. The average molecular weight is 456 g/mol. The molecule has 1 unspecified atom stereocenters. The van der Waals surface area contributed by atoms with Gasteiger partial charge in [0.05, 0.1) is 19.8 Å². The second kappa shape index (κ2) is 9.04. The summed E-state index contributed by atoms with van der Waals surface area (Å²) >= 11 is 1.23. The standard InChI is InChI=1S/C23H22FN3O4S/c1-27-21-20(22(29)26-23(27)32-12-14-6-4-5-7-16(14)24)15(11-19(28)25-21)13-8-9-17(30-2)18(10-13)31-3/h4-10,15H,11-12H2,1-3H3,(H,25,28). The second-order valence-electron chi connectivity index (χ2n) is 7.32. The number of ether oxygens (including phenoxy) is 2. The van der Waals surface area contributed by atoms with E-state index in [1.54, 1.807) is 49.1 Å². The Labute approximate surface area is 188 Å². The van der Waals surface area contributed by atoms with Crippen LogP contribution >= 0.6 is 11.8 Å². The Bertz CT molecular complexity index is 1240. The molecule has 0 radical (unpaired) electrons. The van der Waals surface area contributed by atoms with Gasteiger partial charge in [-0.2, -0.15) is 4.98 Å². The van der Waals surface area contributed by atoms with E-state index >= 15 is 0 Å². The number of nitrogens with zero attached hydrogens (tertiary/aromatic N) is 2. The van der Waals surface area contributed by atoms with Crippen molar-refractivity contribution in [1.29, 1.82) is 0 Å². The number of rotatable bonds is 6. The minimum Gasteiger partial charge on any atom is -0.493 e.